The molecule has 2 N–H and O–H groups in total. The Morgan fingerprint density at radius 1 is 1.42 bits per heavy atom. The summed E-state index contributed by atoms with van der Waals surface area (Å²) in [5.74, 6) is 2.08. The first-order valence-corrected chi connectivity index (χ1v) is 9.13. The molecule has 3 rings (SSSR count). The van der Waals surface area contributed by atoms with E-state index in [2.05, 4.69) is 15.5 Å². The first-order chi connectivity index (χ1) is 12.5. The third kappa shape index (κ3) is 3.83. The molecule has 1 saturated carbocycles. The number of rotatable bonds is 7. The zero-order valence-corrected chi connectivity index (χ0v) is 15.7. The van der Waals surface area contributed by atoms with Crippen molar-refractivity contribution in [2.45, 2.75) is 44.8 Å². The summed E-state index contributed by atoms with van der Waals surface area (Å²) in [5, 5.41) is 20.7. The van der Waals surface area contributed by atoms with Gasteiger partial charge in [-0.3, -0.25) is 4.79 Å². The Labute approximate surface area is 157 Å². The largest absolute Gasteiger partial charge is 0.492 e. The number of ether oxygens (including phenoxy) is 1. The average Bonchev–Trinajstić information content (AvgIpc) is 2.96. The van der Waals surface area contributed by atoms with E-state index in [-0.39, 0.29) is 24.5 Å². The van der Waals surface area contributed by atoms with Gasteiger partial charge in [0, 0.05) is 24.6 Å². The first-order valence-electron chi connectivity index (χ1n) is 8.75. The lowest BCUT2D eigenvalue weighted by atomic mass is 9.79. The number of carbonyl (C=O) groups excluding carboxylic acids is 1. The predicted molar refractivity (Wildman–Crippen MR) is 97.4 cm³/mol. The molecule has 2 aromatic rings. The number of hydrogen-bond acceptors (Lipinski definition) is 5. The molecular weight excluding hydrogens is 356 g/mol. The molecule has 26 heavy (non-hydrogen) atoms. The van der Waals surface area contributed by atoms with Crippen molar-refractivity contribution in [3.05, 3.63) is 40.4 Å². The number of carbonyl (C=O) groups is 1. The molecule has 0 radical (unpaired) electrons. The van der Waals surface area contributed by atoms with Crippen molar-refractivity contribution in [3.63, 3.8) is 0 Å². The van der Waals surface area contributed by atoms with Crippen LogP contribution in [-0.4, -0.2) is 38.4 Å². The second-order valence-electron chi connectivity index (χ2n) is 6.52. The summed E-state index contributed by atoms with van der Waals surface area (Å²) < 4.78 is 7.34. The predicted octanol–water partition coefficient (Wildman–Crippen LogP) is 2.43. The lowest BCUT2D eigenvalue weighted by molar-refractivity contribution is 0.0907. The molecule has 1 aliphatic rings. The van der Waals surface area contributed by atoms with E-state index in [1.54, 1.807) is 18.2 Å². The number of nitrogens with zero attached hydrogens (tertiary/aromatic N) is 3. The zero-order chi connectivity index (χ0) is 18.7. The van der Waals surface area contributed by atoms with Gasteiger partial charge in [-0.1, -0.05) is 18.5 Å². The van der Waals surface area contributed by atoms with E-state index in [1.807, 2.05) is 18.5 Å². The second-order valence-corrected chi connectivity index (χ2v) is 6.93. The third-order valence-corrected chi connectivity index (χ3v) is 4.93. The number of aliphatic hydroxyl groups is 1. The van der Waals surface area contributed by atoms with Gasteiger partial charge in [0.25, 0.3) is 5.91 Å². The lowest BCUT2D eigenvalue weighted by Crippen LogP contribution is -2.44. The molecule has 1 heterocycles. The highest BCUT2D eigenvalue weighted by Gasteiger charge is 2.35. The van der Waals surface area contributed by atoms with Gasteiger partial charge >= 0.3 is 0 Å². The van der Waals surface area contributed by atoms with Gasteiger partial charge in [0.2, 0.25) is 0 Å². The minimum atomic E-state index is -0.147. The van der Waals surface area contributed by atoms with E-state index in [0.717, 1.165) is 25.1 Å². The highest BCUT2D eigenvalue weighted by Crippen LogP contribution is 2.36. The van der Waals surface area contributed by atoms with E-state index in [1.165, 1.54) is 0 Å². The van der Waals surface area contributed by atoms with Gasteiger partial charge in [-0.05, 0) is 37.5 Å². The van der Waals surface area contributed by atoms with Crippen molar-refractivity contribution >= 4 is 17.5 Å². The van der Waals surface area contributed by atoms with E-state index in [9.17, 15) is 9.90 Å². The van der Waals surface area contributed by atoms with Crippen LogP contribution in [0, 0.1) is 0 Å². The molecule has 1 aromatic carbocycles. The summed E-state index contributed by atoms with van der Waals surface area (Å²) in [4.78, 5) is 12.4. The van der Waals surface area contributed by atoms with Crippen molar-refractivity contribution in [1.82, 2.24) is 20.1 Å². The molecule has 0 atom stereocenters. The molecular formula is C18H23ClN4O3. The molecule has 8 heteroatoms. The molecule has 140 valence electrons. The molecule has 7 nitrogen and oxygen atoms in total. The summed E-state index contributed by atoms with van der Waals surface area (Å²) in [6, 6.07) is 5.18. The minimum absolute atomic E-state index is 0.0940. The quantitative estimate of drug-likeness (QED) is 0.772. The first kappa shape index (κ1) is 18.7. The van der Waals surface area contributed by atoms with Crippen LogP contribution in [0.25, 0.3) is 0 Å². The van der Waals surface area contributed by atoms with E-state index in [0.29, 0.717) is 28.8 Å². The zero-order valence-electron chi connectivity index (χ0n) is 14.9. The number of nitrogens with one attached hydrogen (secondary N) is 1. The highest BCUT2D eigenvalue weighted by molar-refractivity contribution is 6.32. The Bertz CT molecular complexity index is 787. The number of benzene rings is 1. The van der Waals surface area contributed by atoms with Crippen molar-refractivity contribution < 1.29 is 14.6 Å². The van der Waals surface area contributed by atoms with Crippen molar-refractivity contribution in [2.24, 2.45) is 7.05 Å². The van der Waals surface area contributed by atoms with Crippen LogP contribution in [0.4, 0.5) is 0 Å². The molecule has 1 aromatic heterocycles. The SMILES string of the molecule is CCCOc1ccc(C(=O)NC2CC(c3nnc(CO)n3C)C2)cc1Cl. The molecule has 0 unspecified atom stereocenters. The van der Waals surface area contributed by atoms with Crippen LogP contribution in [0.2, 0.25) is 5.02 Å². The standard InChI is InChI=1S/C18H23ClN4O3/c1-3-6-26-15-5-4-11(9-14(15)19)18(25)20-13-7-12(8-13)17-22-21-16(10-24)23(17)2/h4-5,9,12-13,24H,3,6-8,10H2,1-2H3,(H,20,25). The third-order valence-electron chi connectivity index (χ3n) is 4.63. The van der Waals surface area contributed by atoms with Crippen LogP contribution in [0.3, 0.4) is 0 Å². The smallest absolute Gasteiger partial charge is 0.251 e. The monoisotopic (exact) mass is 378 g/mol. The maximum atomic E-state index is 12.4. The van der Waals surface area contributed by atoms with Crippen LogP contribution >= 0.6 is 11.6 Å². The Hall–Kier alpha value is -2.12. The number of hydrogen-bond donors (Lipinski definition) is 2. The Balaban J connectivity index is 1.55. The topological polar surface area (TPSA) is 89.3 Å². The van der Waals surface area contributed by atoms with Crippen LogP contribution in [0.1, 0.15) is 54.1 Å². The fraction of sp³-hybridized carbons (Fsp3) is 0.500. The Morgan fingerprint density at radius 3 is 2.81 bits per heavy atom. The van der Waals surface area contributed by atoms with Gasteiger partial charge < -0.3 is 19.7 Å². The van der Waals surface area contributed by atoms with Gasteiger partial charge in [-0.25, -0.2) is 0 Å². The van der Waals surface area contributed by atoms with Crippen LogP contribution in [0.5, 0.6) is 5.75 Å². The van der Waals surface area contributed by atoms with Gasteiger partial charge in [-0.15, -0.1) is 10.2 Å². The fourth-order valence-electron chi connectivity index (χ4n) is 3.05. The number of aliphatic hydroxyl groups excluding tert-OH is 1. The lowest BCUT2D eigenvalue weighted by Gasteiger charge is -2.35. The van der Waals surface area contributed by atoms with Crippen LogP contribution in [-0.2, 0) is 13.7 Å². The van der Waals surface area contributed by atoms with E-state index >= 15 is 0 Å². The van der Waals surface area contributed by atoms with Gasteiger partial charge in [0.15, 0.2) is 5.82 Å². The van der Waals surface area contributed by atoms with E-state index in [4.69, 9.17) is 16.3 Å². The van der Waals surface area contributed by atoms with Gasteiger partial charge in [0.05, 0.1) is 11.6 Å². The van der Waals surface area contributed by atoms with Gasteiger partial charge in [0.1, 0.15) is 18.2 Å². The van der Waals surface area contributed by atoms with Crippen molar-refractivity contribution in [3.8, 4) is 5.75 Å². The summed E-state index contributed by atoms with van der Waals surface area (Å²) in [6.07, 6.45) is 2.50. The molecule has 0 bridgehead atoms. The maximum Gasteiger partial charge on any atom is 0.251 e. The summed E-state index contributed by atoms with van der Waals surface area (Å²) in [5.41, 5.74) is 0.517. The molecule has 0 saturated heterocycles. The van der Waals surface area contributed by atoms with Crippen LogP contribution in [0.15, 0.2) is 18.2 Å². The molecule has 0 spiro atoms. The maximum absolute atomic E-state index is 12.4. The number of aromatic nitrogens is 3. The number of amides is 1. The van der Waals surface area contributed by atoms with E-state index < -0.39 is 0 Å². The van der Waals surface area contributed by atoms with Gasteiger partial charge in [-0.2, -0.15) is 0 Å². The van der Waals surface area contributed by atoms with Crippen molar-refractivity contribution in [1.29, 1.82) is 0 Å². The summed E-state index contributed by atoms with van der Waals surface area (Å²) in [7, 11) is 1.84. The Kier molecular flexibility index (Phi) is 5.78. The number of halogens is 1. The minimum Gasteiger partial charge on any atom is -0.492 e. The molecule has 1 aliphatic carbocycles. The summed E-state index contributed by atoms with van der Waals surface area (Å²) >= 11 is 6.19. The average molecular weight is 379 g/mol. The normalized spacial score (nSPS) is 19.1. The highest BCUT2D eigenvalue weighted by atomic mass is 35.5. The second kappa shape index (κ2) is 8.05. The van der Waals surface area contributed by atoms with Crippen molar-refractivity contribution in [2.75, 3.05) is 6.61 Å². The molecule has 1 amide bonds. The Morgan fingerprint density at radius 2 is 2.19 bits per heavy atom. The fourth-order valence-corrected chi connectivity index (χ4v) is 3.29. The molecule has 1 fully saturated rings. The molecule has 0 aliphatic heterocycles. The summed E-state index contributed by atoms with van der Waals surface area (Å²) in [6.45, 7) is 2.48. The van der Waals surface area contributed by atoms with Crippen LogP contribution < -0.4 is 10.1 Å².